The molecule has 1 heterocycles. The number of aromatic carboxylic acids is 1. The third-order valence-corrected chi connectivity index (χ3v) is 1.88. The summed E-state index contributed by atoms with van der Waals surface area (Å²) in [4.78, 5) is 22.7. The van der Waals surface area contributed by atoms with Crippen LogP contribution in [0.15, 0.2) is 6.07 Å². The maximum Gasteiger partial charge on any atom is 0.382 e. The summed E-state index contributed by atoms with van der Waals surface area (Å²) in [5.74, 6) is -2.84. The van der Waals surface area contributed by atoms with Crippen molar-refractivity contribution in [3.63, 3.8) is 0 Å². The van der Waals surface area contributed by atoms with E-state index in [2.05, 4.69) is 4.98 Å². The molecule has 0 fully saturated rings. The van der Waals surface area contributed by atoms with Crippen LogP contribution in [-0.4, -0.2) is 21.0 Å². The lowest BCUT2D eigenvalue weighted by molar-refractivity contribution is -0.391. The lowest BCUT2D eigenvalue weighted by Crippen LogP contribution is -2.07. The number of alkyl halides is 2. The van der Waals surface area contributed by atoms with Crippen LogP contribution in [0.1, 0.15) is 22.5 Å². The number of nitrogens with zero attached hydrogens (tertiary/aromatic N) is 2. The monoisotopic (exact) mass is 252 g/mol. The van der Waals surface area contributed by atoms with Gasteiger partial charge in [0.2, 0.25) is 0 Å². The Morgan fingerprint density at radius 1 is 1.62 bits per heavy atom. The second-order valence-electron chi connectivity index (χ2n) is 2.59. The maximum atomic E-state index is 12.4. The molecule has 1 aromatic rings. The third kappa shape index (κ3) is 2.22. The van der Waals surface area contributed by atoms with E-state index in [0.29, 0.717) is 6.07 Å². The van der Waals surface area contributed by atoms with Gasteiger partial charge in [0.25, 0.3) is 12.1 Å². The predicted octanol–water partition coefficient (Wildman–Crippen LogP) is 2.28. The van der Waals surface area contributed by atoms with Gasteiger partial charge < -0.3 is 15.2 Å². The predicted molar refractivity (Wildman–Crippen MR) is 47.8 cm³/mol. The maximum absolute atomic E-state index is 12.4. The Labute approximate surface area is 91.6 Å². The van der Waals surface area contributed by atoms with Crippen LogP contribution >= 0.6 is 11.6 Å². The molecule has 1 N–H and O–H groups in total. The number of hydrogen-bond donors (Lipinski definition) is 1. The van der Waals surface area contributed by atoms with Gasteiger partial charge in [0.05, 0.1) is 0 Å². The van der Waals surface area contributed by atoms with Crippen molar-refractivity contribution < 1.29 is 23.6 Å². The van der Waals surface area contributed by atoms with E-state index in [1.54, 1.807) is 0 Å². The zero-order chi connectivity index (χ0) is 12.5. The summed E-state index contributed by atoms with van der Waals surface area (Å²) in [6.45, 7) is 0. The molecule has 0 amide bonds. The zero-order valence-electron chi connectivity index (χ0n) is 7.35. The van der Waals surface area contributed by atoms with E-state index in [-0.39, 0.29) is 0 Å². The number of hydrogen-bond acceptors (Lipinski definition) is 4. The molecule has 16 heavy (non-hydrogen) atoms. The fourth-order valence-corrected chi connectivity index (χ4v) is 1.19. The Hall–Kier alpha value is -1.83. The summed E-state index contributed by atoms with van der Waals surface area (Å²) in [5, 5.41) is 18.4. The highest BCUT2D eigenvalue weighted by Gasteiger charge is 2.29. The molecule has 0 saturated heterocycles. The second-order valence-corrected chi connectivity index (χ2v) is 3.00. The smallest absolute Gasteiger partial charge is 0.382 e. The molecule has 0 radical (unpaired) electrons. The largest absolute Gasteiger partial charge is 0.475 e. The average Bonchev–Trinajstić information content (AvgIpc) is 2.15. The van der Waals surface area contributed by atoms with Crippen molar-refractivity contribution in [2.75, 3.05) is 0 Å². The van der Waals surface area contributed by atoms with Gasteiger partial charge in [0, 0.05) is 0 Å². The summed E-state index contributed by atoms with van der Waals surface area (Å²) < 4.78 is 24.7. The van der Waals surface area contributed by atoms with Crippen LogP contribution in [0.5, 0.6) is 0 Å². The summed E-state index contributed by atoms with van der Waals surface area (Å²) in [7, 11) is 0. The second kappa shape index (κ2) is 4.35. The molecule has 0 aromatic carbocycles. The van der Waals surface area contributed by atoms with Crippen LogP contribution in [0.4, 0.5) is 14.6 Å². The van der Waals surface area contributed by atoms with Crippen molar-refractivity contribution in [2.24, 2.45) is 0 Å². The van der Waals surface area contributed by atoms with Crippen LogP contribution in [0.2, 0.25) is 5.02 Å². The summed E-state index contributed by atoms with van der Waals surface area (Å²) in [5.41, 5.74) is -1.85. The highest BCUT2D eigenvalue weighted by molar-refractivity contribution is 6.33. The van der Waals surface area contributed by atoms with Crippen LogP contribution in [0.3, 0.4) is 0 Å². The Kier molecular flexibility index (Phi) is 3.33. The Morgan fingerprint density at radius 3 is 2.56 bits per heavy atom. The van der Waals surface area contributed by atoms with Gasteiger partial charge in [-0.25, -0.2) is 13.6 Å². The number of pyridine rings is 1. The van der Waals surface area contributed by atoms with Gasteiger partial charge in [0.15, 0.2) is 0 Å². The highest BCUT2D eigenvalue weighted by Crippen LogP contribution is 2.31. The zero-order valence-corrected chi connectivity index (χ0v) is 8.11. The molecule has 1 rings (SSSR count). The van der Waals surface area contributed by atoms with Gasteiger partial charge in [-0.15, -0.1) is 0 Å². The Morgan fingerprint density at radius 2 is 2.19 bits per heavy atom. The van der Waals surface area contributed by atoms with Crippen LogP contribution in [0, 0.1) is 10.1 Å². The van der Waals surface area contributed by atoms with Crippen LogP contribution < -0.4 is 0 Å². The first-order chi connectivity index (χ1) is 7.34. The number of aromatic nitrogens is 1. The first-order valence-corrected chi connectivity index (χ1v) is 4.08. The Bertz CT molecular complexity index is 466. The lowest BCUT2D eigenvalue weighted by atomic mass is 10.2. The molecule has 6 nitrogen and oxygen atoms in total. The number of carboxylic acids is 1. The van der Waals surface area contributed by atoms with E-state index in [1.807, 2.05) is 0 Å². The first kappa shape index (κ1) is 12.2. The van der Waals surface area contributed by atoms with Crippen molar-refractivity contribution in [3.8, 4) is 0 Å². The topological polar surface area (TPSA) is 93.3 Å². The van der Waals surface area contributed by atoms with E-state index >= 15 is 0 Å². The minimum Gasteiger partial charge on any atom is -0.475 e. The van der Waals surface area contributed by atoms with Gasteiger partial charge in [-0.1, -0.05) is 11.6 Å². The molecule has 0 unspecified atom stereocenters. The van der Waals surface area contributed by atoms with Gasteiger partial charge >= 0.3 is 11.8 Å². The van der Waals surface area contributed by atoms with E-state index in [1.165, 1.54) is 0 Å². The number of rotatable bonds is 3. The standard InChI is InChI=1S/C7H3ClF2N2O4/c8-3-1-2(5(9)10)6(12(15)16)11-4(3)7(13)14/h1,5H,(H,13,14). The summed E-state index contributed by atoms with van der Waals surface area (Å²) >= 11 is 5.35. The molecule has 0 saturated carbocycles. The molecule has 0 spiro atoms. The molecule has 1 aromatic heterocycles. The quantitative estimate of drug-likeness (QED) is 0.658. The van der Waals surface area contributed by atoms with Crippen molar-refractivity contribution in [1.29, 1.82) is 0 Å². The minimum atomic E-state index is -3.16. The molecule has 0 aliphatic rings. The van der Waals surface area contributed by atoms with Gasteiger partial charge in [-0.05, 0) is 16.0 Å². The molecule has 0 aliphatic heterocycles. The van der Waals surface area contributed by atoms with E-state index < -0.39 is 39.4 Å². The first-order valence-electron chi connectivity index (χ1n) is 3.71. The molecule has 9 heteroatoms. The van der Waals surface area contributed by atoms with Crippen molar-refractivity contribution >= 4 is 23.4 Å². The van der Waals surface area contributed by atoms with Gasteiger partial charge in [0.1, 0.15) is 10.6 Å². The summed E-state index contributed by atoms with van der Waals surface area (Å²) in [6, 6.07) is 0.529. The van der Waals surface area contributed by atoms with E-state index in [0.717, 1.165) is 0 Å². The van der Waals surface area contributed by atoms with E-state index in [4.69, 9.17) is 16.7 Å². The van der Waals surface area contributed by atoms with Crippen molar-refractivity contribution in [3.05, 3.63) is 32.5 Å². The molecule has 0 atom stereocenters. The van der Waals surface area contributed by atoms with Crippen LogP contribution in [0.25, 0.3) is 0 Å². The molecule has 0 bridgehead atoms. The average molecular weight is 253 g/mol. The van der Waals surface area contributed by atoms with Gasteiger partial charge in [-0.3, -0.25) is 0 Å². The molecular weight excluding hydrogens is 250 g/mol. The Balaban J connectivity index is 3.49. The third-order valence-electron chi connectivity index (χ3n) is 1.59. The van der Waals surface area contributed by atoms with E-state index in [9.17, 15) is 23.7 Å². The number of carboxylic acid groups (broad SMARTS) is 1. The van der Waals surface area contributed by atoms with Gasteiger partial charge in [-0.2, -0.15) is 0 Å². The van der Waals surface area contributed by atoms with Crippen LogP contribution in [-0.2, 0) is 0 Å². The summed E-state index contributed by atoms with van der Waals surface area (Å²) in [6.07, 6.45) is -3.16. The molecule has 86 valence electrons. The number of halogens is 3. The SMILES string of the molecule is O=C(O)c1nc([N+](=O)[O-])c(C(F)F)cc1Cl. The van der Waals surface area contributed by atoms with Crippen molar-refractivity contribution in [1.82, 2.24) is 4.98 Å². The lowest BCUT2D eigenvalue weighted by Gasteiger charge is -2.02. The number of carbonyl (C=O) groups is 1. The minimum absolute atomic E-state index is 0.529. The molecule has 0 aliphatic carbocycles. The molecular formula is C7H3ClF2N2O4. The highest BCUT2D eigenvalue weighted by atomic mass is 35.5. The van der Waals surface area contributed by atoms with Crippen molar-refractivity contribution in [2.45, 2.75) is 6.43 Å². The normalized spacial score (nSPS) is 10.5. The fourth-order valence-electron chi connectivity index (χ4n) is 0.950. The fraction of sp³-hybridized carbons (Fsp3) is 0.143. The number of nitro groups is 1.